The van der Waals surface area contributed by atoms with Crippen LogP contribution in [0, 0.1) is 5.41 Å². The Morgan fingerprint density at radius 3 is 1.76 bits per heavy atom. The zero-order valence-electron chi connectivity index (χ0n) is 22.0. The van der Waals surface area contributed by atoms with Gasteiger partial charge in [-0.05, 0) is 36.1 Å². The number of alkyl carbamates (subject to hydrolysis) is 1. The Bertz CT molecular complexity index is 1070. The Morgan fingerprint density at radius 1 is 0.757 bits per heavy atom. The average molecular weight is 578 g/mol. The topological polar surface area (TPSA) is 72.5 Å². The first-order valence-electron chi connectivity index (χ1n) is 12.2. The van der Waals surface area contributed by atoms with Crippen molar-refractivity contribution in [2.45, 2.75) is 46.1 Å². The van der Waals surface area contributed by atoms with E-state index >= 15 is 0 Å². The monoisotopic (exact) mass is 577 g/mol. The Labute approximate surface area is 236 Å². The first kappa shape index (κ1) is 30.0. The van der Waals surface area contributed by atoms with Crippen LogP contribution >= 0.6 is 45.1 Å². The standard InChI is InChI=1S/C28H35NO4S4/c1-27(2,3)24(30)34-14-16-36-37-17-15-35-25(31)28(4,5)29-26(32)33-18-23-21-12-8-6-10-19(21)20-11-7-9-13-22(20)23/h6-13,23H,14-18H2,1-5H3,(H,29,32). The van der Waals surface area contributed by atoms with Crippen molar-refractivity contribution in [3.8, 4) is 11.1 Å². The number of carbonyl (C=O) groups excluding carboxylic acids is 3. The van der Waals surface area contributed by atoms with Gasteiger partial charge in [0.2, 0.25) is 5.12 Å². The summed E-state index contributed by atoms with van der Waals surface area (Å²) in [5.41, 5.74) is 3.31. The van der Waals surface area contributed by atoms with Gasteiger partial charge in [0.15, 0.2) is 5.12 Å². The van der Waals surface area contributed by atoms with Crippen LogP contribution in [0.3, 0.4) is 0 Å². The number of rotatable bonds is 11. The van der Waals surface area contributed by atoms with Gasteiger partial charge in [-0.1, -0.05) is 114 Å². The smallest absolute Gasteiger partial charge is 0.407 e. The van der Waals surface area contributed by atoms with Gasteiger partial charge in [0.1, 0.15) is 12.1 Å². The van der Waals surface area contributed by atoms with Crippen LogP contribution in [0.1, 0.15) is 51.7 Å². The Morgan fingerprint density at radius 2 is 1.24 bits per heavy atom. The summed E-state index contributed by atoms with van der Waals surface area (Å²) in [4.78, 5) is 37.2. The Balaban J connectivity index is 1.36. The molecule has 0 spiro atoms. The first-order valence-corrected chi connectivity index (χ1v) is 16.7. The molecule has 2 aromatic rings. The van der Waals surface area contributed by atoms with E-state index in [0.29, 0.717) is 5.75 Å². The molecule has 0 radical (unpaired) electrons. The number of carbonyl (C=O) groups is 3. The number of fused-ring (bicyclic) bond motifs is 3. The SMILES string of the molecule is CC(C)(C)C(=O)SCCSSCCSC(=O)C(C)(C)NC(=O)OCC1c2ccccc2-c2ccccc21. The number of ether oxygens (including phenoxy) is 1. The van der Waals surface area contributed by atoms with E-state index in [1.54, 1.807) is 35.4 Å². The minimum Gasteiger partial charge on any atom is -0.449 e. The Hall–Kier alpha value is -1.55. The summed E-state index contributed by atoms with van der Waals surface area (Å²) in [6.45, 7) is 9.42. The highest BCUT2D eigenvalue weighted by Crippen LogP contribution is 2.44. The number of amides is 1. The van der Waals surface area contributed by atoms with Gasteiger partial charge in [0.25, 0.3) is 0 Å². The predicted octanol–water partition coefficient (Wildman–Crippen LogP) is 7.25. The van der Waals surface area contributed by atoms with E-state index in [4.69, 9.17) is 4.74 Å². The lowest BCUT2D eigenvalue weighted by atomic mass is 9.98. The predicted molar refractivity (Wildman–Crippen MR) is 162 cm³/mol. The largest absolute Gasteiger partial charge is 0.449 e. The fourth-order valence-electron chi connectivity index (χ4n) is 3.79. The van der Waals surface area contributed by atoms with E-state index < -0.39 is 11.6 Å². The second-order valence-corrected chi connectivity index (χ2v) is 15.1. The third-order valence-corrected chi connectivity index (χ3v) is 11.2. The Kier molecular flexibility index (Phi) is 10.9. The molecule has 3 rings (SSSR count). The molecule has 0 saturated heterocycles. The summed E-state index contributed by atoms with van der Waals surface area (Å²) in [6, 6.07) is 16.4. The van der Waals surface area contributed by atoms with Crippen molar-refractivity contribution < 1.29 is 19.1 Å². The van der Waals surface area contributed by atoms with Crippen molar-refractivity contribution >= 4 is 61.4 Å². The molecule has 0 atom stereocenters. The molecule has 1 amide bonds. The minimum atomic E-state index is -1.03. The third-order valence-electron chi connectivity index (χ3n) is 5.76. The molecule has 37 heavy (non-hydrogen) atoms. The van der Waals surface area contributed by atoms with E-state index in [2.05, 4.69) is 29.6 Å². The van der Waals surface area contributed by atoms with Crippen LogP contribution in [-0.4, -0.2) is 51.5 Å². The average Bonchev–Trinajstić information content (AvgIpc) is 3.17. The van der Waals surface area contributed by atoms with E-state index in [1.165, 1.54) is 34.7 Å². The van der Waals surface area contributed by atoms with Gasteiger partial charge in [-0.15, -0.1) is 0 Å². The zero-order chi connectivity index (χ0) is 27.1. The normalized spacial score (nSPS) is 13.1. The number of hydrogen-bond acceptors (Lipinski definition) is 8. The second-order valence-electron chi connectivity index (χ2n) is 10.2. The van der Waals surface area contributed by atoms with Gasteiger partial charge in [-0.3, -0.25) is 9.59 Å². The van der Waals surface area contributed by atoms with Crippen molar-refractivity contribution in [3.05, 3.63) is 59.7 Å². The molecule has 1 aliphatic rings. The molecule has 0 fully saturated rings. The molecule has 0 aliphatic heterocycles. The molecular weight excluding hydrogens is 543 g/mol. The molecule has 200 valence electrons. The first-order chi connectivity index (χ1) is 17.5. The van der Waals surface area contributed by atoms with Crippen LogP contribution in [0.25, 0.3) is 11.1 Å². The summed E-state index contributed by atoms with van der Waals surface area (Å²) in [5.74, 6) is 3.10. The number of hydrogen-bond donors (Lipinski definition) is 1. The van der Waals surface area contributed by atoms with Gasteiger partial charge < -0.3 is 10.1 Å². The van der Waals surface area contributed by atoms with E-state index in [-0.39, 0.29) is 28.2 Å². The maximum atomic E-state index is 12.7. The zero-order valence-corrected chi connectivity index (χ0v) is 25.3. The maximum Gasteiger partial charge on any atom is 0.407 e. The number of benzene rings is 2. The lowest BCUT2D eigenvalue weighted by Crippen LogP contribution is -2.49. The van der Waals surface area contributed by atoms with Crippen LogP contribution < -0.4 is 5.32 Å². The van der Waals surface area contributed by atoms with Crippen LogP contribution in [0.15, 0.2) is 48.5 Å². The summed E-state index contributed by atoms with van der Waals surface area (Å²) < 4.78 is 5.60. The number of thioether (sulfide) groups is 2. The van der Waals surface area contributed by atoms with Gasteiger partial charge in [-0.25, -0.2) is 4.79 Å². The molecular formula is C28H35NO4S4. The van der Waals surface area contributed by atoms with Crippen LogP contribution in [0.4, 0.5) is 4.79 Å². The molecule has 2 aromatic carbocycles. The summed E-state index contributed by atoms with van der Waals surface area (Å²) in [6.07, 6.45) is -0.590. The van der Waals surface area contributed by atoms with Gasteiger partial charge >= 0.3 is 6.09 Å². The molecule has 9 heteroatoms. The quantitative estimate of drug-likeness (QED) is 0.221. The van der Waals surface area contributed by atoms with E-state index in [1.807, 2.05) is 45.0 Å². The molecule has 0 heterocycles. The van der Waals surface area contributed by atoms with Gasteiger partial charge in [0.05, 0.1) is 0 Å². The highest BCUT2D eigenvalue weighted by atomic mass is 33.1. The molecule has 0 saturated carbocycles. The summed E-state index contributed by atoms with van der Waals surface area (Å²) in [7, 11) is 3.41. The highest BCUT2D eigenvalue weighted by Gasteiger charge is 2.32. The summed E-state index contributed by atoms with van der Waals surface area (Å²) >= 11 is 2.60. The lowest BCUT2D eigenvalue weighted by Gasteiger charge is -2.24. The van der Waals surface area contributed by atoms with E-state index in [0.717, 1.165) is 28.4 Å². The van der Waals surface area contributed by atoms with E-state index in [9.17, 15) is 14.4 Å². The summed E-state index contributed by atoms with van der Waals surface area (Å²) in [5, 5.41) is 2.86. The van der Waals surface area contributed by atoms with Crippen molar-refractivity contribution in [2.24, 2.45) is 5.41 Å². The fraction of sp³-hybridized carbons (Fsp3) is 0.464. The molecule has 1 aliphatic carbocycles. The van der Waals surface area contributed by atoms with Crippen molar-refractivity contribution in [1.29, 1.82) is 0 Å². The van der Waals surface area contributed by atoms with Gasteiger partial charge in [-0.2, -0.15) is 0 Å². The van der Waals surface area contributed by atoms with Crippen LogP contribution in [-0.2, 0) is 14.3 Å². The fourth-order valence-corrected chi connectivity index (χ4v) is 8.39. The van der Waals surface area contributed by atoms with Crippen molar-refractivity contribution in [3.63, 3.8) is 0 Å². The van der Waals surface area contributed by atoms with Crippen molar-refractivity contribution in [2.75, 3.05) is 29.6 Å². The van der Waals surface area contributed by atoms with Crippen LogP contribution in [0.5, 0.6) is 0 Å². The molecule has 0 unspecified atom stereocenters. The van der Waals surface area contributed by atoms with Gasteiger partial charge in [0, 0.05) is 34.3 Å². The molecule has 0 bridgehead atoms. The minimum absolute atomic E-state index is 0.0224. The lowest BCUT2D eigenvalue weighted by molar-refractivity contribution is -0.117. The van der Waals surface area contributed by atoms with Crippen LogP contribution in [0.2, 0.25) is 0 Å². The molecule has 1 N–H and O–H groups in total. The molecule has 5 nitrogen and oxygen atoms in total. The molecule has 0 aromatic heterocycles. The number of nitrogens with one attached hydrogen (secondary N) is 1. The van der Waals surface area contributed by atoms with Crippen molar-refractivity contribution in [1.82, 2.24) is 5.32 Å². The highest BCUT2D eigenvalue weighted by molar-refractivity contribution is 8.76. The maximum absolute atomic E-state index is 12.7. The third kappa shape index (κ3) is 8.47. The second kappa shape index (κ2) is 13.5.